The Balaban J connectivity index is 1.75. The van der Waals surface area contributed by atoms with Gasteiger partial charge >= 0.3 is 0 Å². The molecule has 34 heavy (non-hydrogen) atoms. The highest BCUT2D eigenvalue weighted by Gasteiger charge is 2.11. The minimum atomic E-state index is 0.0666. The van der Waals surface area contributed by atoms with Crippen LogP contribution >= 0.6 is 55.1 Å². The molecule has 4 aromatic rings. The summed E-state index contributed by atoms with van der Waals surface area (Å²) in [5.74, 6) is 1.12. The molecule has 1 aromatic heterocycles. The monoisotopic (exact) mass is 620 g/mol. The lowest BCUT2D eigenvalue weighted by atomic mass is 10.2. The fraction of sp³-hybridized carbons (Fsp3) is 0.0417. The van der Waals surface area contributed by atoms with Crippen molar-refractivity contribution in [2.24, 2.45) is 10.1 Å². The van der Waals surface area contributed by atoms with Gasteiger partial charge in [-0.3, -0.25) is 0 Å². The Morgan fingerprint density at radius 3 is 2.47 bits per heavy atom. The average Bonchev–Trinajstić information content (AvgIpc) is 3.23. The lowest BCUT2D eigenvalue weighted by Crippen LogP contribution is -1.91. The van der Waals surface area contributed by atoms with Crippen molar-refractivity contribution in [2.45, 2.75) is 0 Å². The zero-order valence-corrected chi connectivity index (χ0v) is 22.3. The van der Waals surface area contributed by atoms with Crippen molar-refractivity contribution in [3.05, 3.63) is 90.9 Å². The van der Waals surface area contributed by atoms with E-state index in [1.54, 1.807) is 49.9 Å². The Labute approximate surface area is 222 Å². The first-order valence-corrected chi connectivity index (χ1v) is 12.1. The van der Waals surface area contributed by atoms with Crippen LogP contribution in [-0.2, 0) is 0 Å². The van der Waals surface area contributed by atoms with Gasteiger partial charge in [0.1, 0.15) is 11.5 Å². The van der Waals surface area contributed by atoms with E-state index < -0.39 is 0 Å². The van der Waals surface area contributed by atoms with Crippen molar-refractivity contribution in [3.8, 4) is 22.8 Å². The molecule has 1 heterocycles. The summed E-state index contributed by atoms with van der Waals surface area (Å²) in [6.07, 6.45) is 4.88. The molecular weight excluding hydrogens is 607 g/mol. The first-order valence-electron chi connectivity index (χ1n) is 9.79. The van der Waals surface area contributed by atoms with Crippen molar-refractivity contribution in [1.82, 2.24) is 9.66 Å². The second-order valence-electron chi connectivity index (χ2n) is 6.99. The number of phenolic OH excluding ortho intramolecular Hbond substituents is 1. The third-order valence-corrected chi connectivity index (χ3v) is 6.34. The van der Waals surface area contributed by atoms with Crippen LogP contribution in [0.4, 0.5) is 5.95 Å². The molecule has 0 atom stereocenters. The summed E-state index contributed by atoms with van der Waals surface area (Å²) in [5.41, 5.74) is 2.72. The number of benzene rings is 3. The second kappa shape index (κ2) is 10.7. The van der Waals surface area contributed by atoms with E-state index in [0.717, 1.165) is 15.8 Å². The molecule has 0 amide bonds. The maximum absolute atomic E-state index is 10.4. The van der Waals surface area contributed by atoms with Crippen molar-refractivity contribution >= 4 is 73.4 Å². The van der Waals surface area contributed by atoms with Crippen LogP contribution in [0.5, 0.6) is 11.5 Å². The van der Waals surface area contributed by atoms with Crippen LogP contribution in [0.3, 0.4) is 0 Å². The summed E-state index contributed by atoms with van der Waals surface area (Å²) in [6.45, 7) is 0. The molecule has 0 bridgehead atoms. The molecule has 10 heteroatoms. The van der Waals surface area contributed by atoms with E-state index in [9.17, 15) is 5.11 Å². The molecule has 3 aromatic carbocycles. The minimum Gasteiger partial charge on any atom is -0.506 e. The highest BCUT2D eigenvalue weighted by atomic mass is 79.9. The molecule has 0 aliphatic rings. The molecule has 172 valence electrons. The summed E-state index contributed by atoms with van der Waals surface area (Å²) in [4.78, 5) is 9.11. The van der Waals surface area contributed by atoms with Gasteiger partial charge in [-0.05, 0) is 64.5 Å². The van der Waals surface area contributed by atoms with E-state index in [2.05, 4.69) is 46.9 Å². The number of imidazole rings is 1. The van der Waals surface area contributed by atoms with Crippen molar-refractivity contribution < 1.29 is 9.84 Å². The molecule has 0 aliphatic carbocycles. The number of hydrogen-bond donors (Lipinski definition) is 1. The molecular formula is C24H16Br2Cl2N4O2. The second-order valence-corrected chi connectivity index (χ2v) is 9.61. The van der Waals surface area contributed by atoms with E-state index in [1.165, 1.54) is 10.9 Å². The molecule has 0 fully saturated rings. The summed E-state index contributed by atoms with van der Waals surface area (Å²) < 4.78 is 8.10. The first-order chi connectivity index (χ1) is 16.3. The Kier molecular flexibility index (Phi) is 7.73. The number of halogens is 4. The minimum absolute atomic E-state index is 0.0666. The zero-order valence-electron chi connectivity index (χ0n) is 17.6. The van der Waals surface area contributed by atoms with Crippen molar-refractivity contribution in [3.63, 3.8) is 0 Å². The van der Waals surface area contributed by atoms with Crippen LogP contribution in [0.2, 0.25) is 10.0 Å². The van der Waals surface area contributed by atoms with Crippen LogP contribution in [0.15, 0.2) is 79.8 Å². The predicted molar refractivity (Wildman–Crippen MR) is 144 cm³/mol. The number of hydrogen-bond acceptors (Lipinski definition) is 5. The van der Waals surface area contributed by atoms with Crippen molar-refractivity contribution in [1.29, 1.82) is 0 Å². The lowest BCUT2D eigenvalue weighted by molar-refractivity contribution is 0.415. The lowest BCUT2D eigenvalue weighted by Gasteiger charge is -2.03. The third kappa shape index (κ3) is 5.70. The fourth-order valence-corrected chi connectivity index (χ4v) is 4.69. The Bertz CT molecular complexity index is 1400. The molecule has 1 N–H and O–H groups in total. The summed E-state index contributed by atoms with van der Waals surface area (Å²) >= 11 is 19.0. The fourth-order valence-electron chi connectivity index (χ4n) is 2.98. The van der Waals surface area contributed by atoms with Gasteiger partial charge in [0.2, 0.25) is 0 Å². The van der Waals surface area contributed by atoms with Crippen LogP contribution < -0.4 is 4.74 Å². The summed E-state index contributed by atoms with van der Waals surface area (Å²) in [7, 11) is 1.61. The first kappa shape index (κ1) is 24.5. The Morgan fingerprint density at radius 2 is 1.76 bits per heavy atom. The van der Waals surface area contributed by atoms with E-state index in [1.807, 2.05) is 24.3 Å². The number of aliphatic imine (C=N–C) groups is 1. The van der Waals surface area contributed by atoms with Crippen LogP contribution in [0.25, 0.3) is 11.3 Å². The Morgan fingerprint density at radius 1 is 1.00 bits per heavy atom. The Hall–Kier alpha value is -2.65. The van der Waals surface area contributed by atoms with Gasteiger partial charge in [-0.15, -0.1) is 0 Å². The molecule has 0 radical (unpaired) electrons. The molecule has 0 saturated heterocycles. The molecule has 0 spiro atoms. The van der Waals surface area contributed by atoms with Crippen LogP contribution in [-0.4, -0.2) is 34.3 Å². The quantitative estimate of drug-likeness (QED) is 0.224. The van der Waals surface area contributed by atoms with Gasteiger partial charge in [-0.1, -0.05) is 45.2 Å². The largest absolute Gasteiger partial charge is 0.506 e. The SMILES string of the molecule is COc1ccc(-c2cn(N=Cc3ccc(Cl)cc3Cl)c(/N=C/c3cc(Br)cc(Br)c3O)n2)cc1. The highest BCUT2D eigenvalue weighted by molar-refractivity contribution is 9.11. The van der Waals surface area contributed by atoms with Gasteiger partial charge in [0.15, 0.2) is 0 Å². The number of rotatable bonds is 6. The molecule has 0 saturated carbocycles. The number of aromatic nitrogens is 2. The number of phenols is 1. The zero-order chi connectivity index (χ0) is 24.2. The van der Waals surface area contributed by atoms with Gasteiger partial charge in [0, 0.05) is 32.4 Å². The van der Waals surface area contributed by atoms with E-state index in [-0.39, 0.29) is 5.75 Å². The number of nitrogens with zero attached hydrogens (tertiary/aromatic N) is 4. The topological polar surface area (TPSA) is 72.0 Å². The van der Waals surface area contributed by atoms with E-state index >= 15 is 0 Å². The maximum Gasteiger partial charge on any atom is 0.251 e. The number of methoxy groups -OCH3 is 1. The van der Waals surface area contributed by atoms with Gasteiger partial charge in [-0.2, -0.15) is 5.10 Å². The summed E-state index contributed by atoms with van der Waals surface area (Å²) in [6, 6.07) is 16.2. The maximum atomic E-state index is 10.4. The third-order valence-electron chi connectivity index (χ3n) is 4.72. The van der Waals surface area contributed by atoms with Gasteiger partial charge < -0.3 is 9.84 Å². The molecule has 6 nitrogen and oxygen atoms in total. The standard InChI is InChI=1S/C24H16Br2Cl2N4O2/c1-34-19-6-3-14(4-7-19)22-13-32(30-12-15-2-5-18(27)10-21(15)28)24(31-22)29-11-16-8-17(25)9-20(26)23(16)33/h2-13,33H,1H3/b29-11+,30-12?. The van der Waals surface area contributed by atoms with Crippen molar-refractivity contribution in [2.75, 3.05) is 7.11 Å². The number of ether oxygens (including phenoxy) is 1. The number of aromatic hydroxyl groups is 1. The average molecular weight is 623 g/mol. The molecule has 0 unspecified atom stereocenters. The normalized spacial score (nSPS) is 11.6. The molecule has 0 aliphatic heterocycles. The smallest absolute Gasteiger partial charge is 0.251 e. The predicted octanol–water partition coefficient (Wildman–Crippen LogP) is 7.73. The van der Waals surface area contributed by atoms with E-state index in [0.29, 0.717) is 37.3 Å². The van der Waals surface area contributed by atoms with Gasteiger partial charge in [0.05, 0.1) is 34.7 Å². The summed E-state index contributed by atoms with van der Waals surface area (Å²) in [5, 5.41) is 15.9. The van der Waals surface area contributed by atoms with Crippen LogP contribution in [0, 0.1) is 0 Å². The highest BCUT2D eigenvalue weighted by Crippen LogP contribution is 2.31. The van der Waals surface area contributed by atoms with E-state index in [4.69, 9.17) is 27.9 Å². The van der Waals surface area contributed by atoms with Crippen LogP contribution in [0.1, 0.15) is 11.1 Å². The van der Waals surface area contributed by atoms with Gasteiger partial charge in [0.25, 0.3) is 5.95 Å². The van der Waals surface area contributed by atoms with Gasteiger partial charge in [-0.25, -0.2) is 14.7 Å². The molecule has 4 rings (SSSR count).